The fraction of sp³-hybridized carbons (Fsp3) is 0.276. The maximum Gasteiger partial charge on any atom is 0.144 e. The van der Waals surface area contributed by atoms with Crippen LogP contribution in [0.2, 0.25) is 0 Å². The van der Waals surface area contributed by atoms with Crippen molar-refractivity contribution < 1.29 is 28.9 Å². The number of nitrogens with zero attached hydrogens (tertiary/aromatic N) is 4. The van der Waals surface area contributed by atoms with Crippen molar-refractivity contribution in [2.24, 2.45) is 23.7 Å². The number of hydrogen-bond acceptors (Lipinski definition) is 4. The number of rotatable bonds is 12. The van der Waals surface area contributed by atoms with Gasteiger partial charge < -0.3 is 13.4 Å². The standard InChI is InChI=1S/C29H30N2O.C29H29N2O.Ir/c2*1-19(2)16-22-18-24-23-12-8-9-13-26(23)32-28(24)25(17-20(3)4)27(22)31-15-14-30-29(31)21-10-6-5-7-11-21;/h5-15,18-20H,16-17H2,1-4H3;5-10,12-15,18-20H,16-17H2,1-4H3;/q;-1;. The van der Waals surface area contributed by atoms with Crippen molar-refractivity contribution in [3.05, 3.63) is 168 Å². The number of aromatic nitrogens is 4. The summed E-state index contributed by atoms with van der Waals surface area (Å²) in [6.07, 6.45) is 11.8. The van der Waals surface area contributed by atoms with Gasteiger partial charge in [0.1, 0.15) is 28.2 Å². The average Bonchev–Trinajstić information content (AvgIpc) is 4.10. The molecule has 0 N–H and O–H groups in total. The first-order valence-electron chi connectivity index (χ1n) is 23.1. The zero-order valence-electron chi connectivity index (χ0n) is 38.9. The Bertz CT molecular complexity index is 2970. The SMILES string of the molecule is CC(C)Cc1cc2c(oc3ccccc32)c(CC(C)C)c1-n1ccnc1-c1[c-]cccc1.CC(C)Cc1cc2c(oc3ccccc32)c(CC(C)C)c1-n1ccnc1-c1ccccc1.[Ir]. The van der Waals surface area contributed by atoms with Crippen LogP contribution in [0.1, 0.15) is 77.6 Å². The molecule has 0 spiro atoms. The molecule has 4 heterocycles. The minimum absolute atomic E-state index is 0. The molecule has 0 saturated carbocycles. The molecule has 7 heteroatoms. The third kappa shape index (κ3) is 9.28. The molecule has 0 aliphatic heterocycles. The van der Waals surface area contributed by atoms with Crippen LogP contribution in [0.15, 0.2) is 149 Å². The maximum absolute atomic E-state index is 6.49. The third-order valence-electron chi connectivity index (χ3n) is 11.9. The van der Waals surface area contributed by atoms with E-state index in [4.69, 9.17) is 18.8 Å². The smallest absolute Gasteiger partial charge is 0.144 e. The van der Waals surface area contributed by atoms with E-state index >= 15 is 0 Å². The molecule has 333 valence electrons. The van der Waals surface area contributed by atoms with Gasteiger partial charge in [-0.2, -0.15) is 0 Å². The minimum atomic E-state index is 0. The molecule has 65 heavy (non-hydrogen) atoms. The van der Waals surface area contributed by atoms with Crippen molar-refractivity contribution in [1.82, 2.24) is 19.1 Å². The zero-order chi connectivity index (χ0) is 44.5. The molecular formula is C58H59IrN4O2-. The Morgan fingerprint density at radius 3 is 1.42 bits per heavy atom. The maximum atomic E-state index is 6.49. The van der Waals surface area contributed by atoms with E-state index in [1.54, 1.807) is 0 Å². The Morgan fingerprint density at radius 1 is 0.492 bits per heavy atom. The Kier molecular flexibility index (Phi) is 13.7. The summed E-state index contributed by atoms with van der Waals surface area (Å²) in [4.78, 5) is 9.49. The molecular weight excluding hydrogens is 977 g/mol. The first-order chi connectivity index (χ1) is 31.0. The van der Waals surface area contributed by atoms with Crippen LogP contribution >= 0.6 is 0 Å². The molecule has 0 aliphatic rings. The summed E-state index contributed by atoms with van der Waals surface area (Å²) < 4.78 is 17.5. The first kappa shape index (κ1) is 45.6. The fourth-order valence-electron chi connectivity index (χ4n) is 9.44. The van der Waals surface area contributed by atoms with Gasteiger partial charge in [-0.25, -0.2) is 4.98 Å². The largest absolute Gasteiger partial charge is 0.456 e. The fourth-order valence-corrected chi connectivity index (χ4v) is 9.44. The second-order valence-electron chi connectivity index (χ2n) is 19.0. The van der Waals surface area contributed by atoms with Crippen LogP contribution in [0.3, 0.4) is 0 Å². The van der Waals surface area contributed by atoms with Crippen LogP contribution in [0.4, 0.5) is 0 Å². The van der Waals surface area contributed by atoms with Gasteiger partial charge in [0, 0.05) is 88.8 Å². The molecule has 0 aliphatic carbocycles. The zero-order valence-corrected chi connectivity index (χ0v) is 41.3. The molecule has 6 aromatic carbocycles. The van der Waals surface area contributed by atoms with E-state index in [-0.39, 0.29) is 20.1 Å². The van der Waals surface area contributed by atoms with E-state index < -0.39 is 0 Å². The molecule has 0 amide bonds. The van der Waals surface area contributed by atoms with Crippen molar-refractivity contribution >= 4 is 43.9 Å². The molecule has 1 radical (unpaired) electrons. The van der Waals surface area contributed by atoms with Gasteiger partial charge >= 0.3 is 0 Å². The van der Waals surface area contributed by atoms with Crippen molar-refractivity contribution in [2.75, 3.05) is 0 Å². The Balaban J connectivity index is 0.000000175. The predicted molar refractivity (Wildman–Crippen MR) is 266 cm³/mol. The molecule has 0 atom stereocenters. The second-order valence-corrected chi connectivity index (χ2v) is 19.0. The summed E-state index contributed by atoms with van der Waals surface area (Å²) in [5, 5.41) is 4.81. The molecule has 0 fully saturated rings. The van der Waals surface area contributed by atoms with Crippen molar-refractivity contribution in [1.29, 1.82) is 0 Å². The number of fused-ring (bicyclic) bond motifs is 6. The Hall–Kier alpha value is -6.01. The number of para-hydroxylation sites is 2. The van der Waals surface area contributed by atoms with Crippen LogP contribution in [-0.2, 0) is 45.8 Å². The number of benzene rings is 6. The molecule has 0 saturated heterocycles. The van der Waals surface area contributed by atoms with Crippen molar-refractivity contribution in [2.45, 2.75) is 81.1 Å². The van der Waals surface area contributed by atoms with Gasteiger partial charge in [-0.1, -0.05) is 122 Å². The summed E-state index contributed by atoms with van der Waals surface area (Å²) in [6.45, 7) is 18.2. The van der Waals surface area contributed by atoms with Gasteiger partial charge in [-0.15, -0.1) is 35.9 Å². The first-order valence-corrected chi connectivity index (χ1v) is 23.1. The molecule has 10 rings (SSSR count). The molecule has 6 nitrogen and oxygen atoms in total. The molecule has 0 unspecified atom stereocenters. The van der Waals surface area contributed by atoms with E-state index in [0.29, 0.717) is 23.7 Å². The summed E-state index contributed by atoms with van der Waals surface area (Å²) in [6, 6.07) is 43.3. The van der Waals surface area contributed by atoms with Crippen LogP contribution in [0.5, 0.6) is 0 Å². The van der Waals surface area contributed by atoms with E-state index in [2.05, 4.69) is 162 Å². The predicted octanol–water partition coefficient (Wildman–Crippen LogP) is 15.5. The Morgan fingerprint density at radius 2 is 0.938 bits per heavy atom. The average molecular weight is 1040 g/mol. The number of furan rings is 2. The van der Waals surface area contributed by atoms with Crippen molar-refractivity contribution in [3.63, 3.8) is 0 Å². The van der Waals surface area contributed by atoms with Gasteiger partial charge in [0.25, 0.3) is 0 Å². The summed E-state index contributed by atoms with van der Waals surface area (Å²) in [5.41, 5.74) is 13.7. The molecule has 10 aromatic rings. The van der Waals surface area contributed by atoms with Gasteiger partial charge in [0.05, 0.1) is 11.5 Å². The van der Waals surface area contributed by atoms with E-state index in [9.17, 15) is 0 Å². The molecule has 4 aromatic heterocycles. The van der Waals surface area contributed by atoms with Crippen LogP contribution < -0.4 is 0 Å². The monoisotopic (exact) mass is 1040 g/mol. The van der Waals surface area contributed by atoms with Crippen LogP contribution in [-0.4, -0.2) is 19.1 Å². The summed E-state index contributed by atoms with van der Waals surface area (Å²) >= 11 is 0. The molecule has 0 bridgehead atoms. The van der Waals surface area contributed by atoms with Crippen LogP contribution in [0, 0.1) is 29.7 Å². The second kappa shape index (κ2) is 19.6. The van der Waals surface area contributed by atoms with Gasteiger partial charge in [-0.05, 0) is 84.7 Å². The van der Waals surface area contributed by atoms with E-state index in [0.717, 1.165) is 70.8 Å². The number of imidazole rings is 2. The topological polar surface area (TPSA) is 61.9 Å². The number of hydrogen-bond donors (Lipinski definition) is 0. The quantitative estimate of drug-likeness (QED) is 0.114. The van der Waals surface area contributed by atoms with Crippen LogP contribution in [0.25, 0.3) is 78.0 Å². The van der Waals surface area contributed by atoms with Gasteiger partial charge in [0.2, 0.25) is 0 Å². The van der Waals surface area contributed by atoms with E-state index in [1.807, 2.05) is 48.8 Å². The normalized spacial score (nSPS) is 11.8. The van der Waals surface area contributed by atoms with Gasteiger partial charge in [-0.3, -0.25) is 9.55 Å². The Labute approximate surface area is 397 Å². The third-order valence-corrected chi connectivity index (χ3v) is 11.9. The summed E-state index contributed by atoms with van der Waals surface area (Å²) in [5.74, 6) is 3.96. The van der Waals surface area contributed by atoms with Crippen molar-refractivity contribution in [3.8, 4) is 34.2 Å². The van der Waals surface area contributed by atoms with Gasteiger partial charge in [0.15, 0.2) is 0 Å². The summed E-state index contributed by atoms with van der Waals surface area (Å²) in [7, 11) is 0. The minimum Gasteiger partial charge on any atom is -0.456 e. The van der Waals surface area contributed by atoms with E-state index in [1.165, 1.54) is 55.2 Å².